The van der Waals surface area contributed by atoms with Gasteiger partial charge in [0.2, 0.25) is 5.91 Å². The van der Waals surface area contributed by atoms with Crippen LogP contribution in [-0.2, 0) is 4.79 Å². The molecule has 2 rings (SSSR count). The topological polar surface area (TPSA) is 41.6 Å². The Labute approximate surface area is 108 Å². The third kappa shape index (κ3) is 2.64. The predicted molar refractivity (Wildman–Crippen MR) is 70.6 cm³/mol. The van der Waals surface area contributed by atoms with Crippen molar-refractivity contribution in [2.75, 3.05) is 27.2 Å². The number of rotatable bonds is 4. The molecule has 1 amide bonds. The second-order valence-electron chi connectivity index (χ2n) is 4.54. The molecule has 0 aromatic heterocycles. The van der Waals surface area contributed by atoms with Crippen molar-refractivity contribution in [2.24, 2.45) is 0 Å². The first-order chi connectivity index (χ1) is 8.76. The summed E-state index contributed by atoms with van der Waals surface area (Å²) in [6.45, 7) is 1.43. The highest BCUT2D eigenvalue weighted by molar-refractivity contribution is 5.77. The molecule has 98 valence electrons. The summed E-state index contributed by atoms with van der Waals surface area (Å²) in [5, 5.41) is 2.68. The number of methoxy groups -OCH3 is 1. The maximum Gasteiger partial charge on any atom is 0.233 e. The van der Waals surface area contributed by atoms with Gasteiger partial charge in [-0.15, -0.1) is 0 Å². The fourth-order valence-electron chi connectivity index (χ4n) is 2.57. The van der Waals surface area contributed by atoms with Gasteiger partial charge in [-0.3, -0.25) is 9.69 Å². The van der Waals surface area contributed by atoms with Crippen LogP contribution in [0.15, 0.2) is 24.3 Å². The molecule has 1 saturated heterocycles. The zero-order chi connectivity index (χ0) is 13.0. The number of likely N-dealkylation sites (tertiary alicyclic amines) is 1. The van der Waals surface area contributed by atoms with Gasteiger partial charge in [-0.25, -0.2) is 0 Å². The zero-order valence-electron chi connectivity index (χ0n) is 11.0. The lowest BCUT2D eigenvalue weighted by atomic mass is 10.0. The molecule has 0 saturated carbocycles. The number of hydrogen-bond acceptors (Lipinski definition) is 3. The van der Waals surface area contributed by atoms with Crippen molar-refractivity contribution >= 4 is 5.91 Å². The molecular weight excluding hydrogens is 228 g/mol. The molecule has 1 aliphatic heterocycles. The van der Waals surface area contributed by atoms with Crippen molar-refractivity contribution in [1.29, 1.82) is 0 Å². The molecule has 1 unspecified atom stereocenters. The van der Waals surface area contributed by atoms with Gasteiger partial charge in [-0.2, -0.15) is 0 Å². The Hall–Kier alpha value is -1.55. The number of para-hydroxylation sites is 1. The summed E-state index contributed by atoms with van der Waals surface area (Å²) in [4.78, 5) is 13.7. The highest BCUT2D eigenvalue weighted by Crippen LogP contribution is 2.36. The molecule has 0 radical (unpaired) electrons. The maximum absolute atomic E-state index is 11.5. The standard InChI is InChI=1S/C14H20N2O2/c1-15-14(17)10-16-9-5-7-12(16)11-6-3-4-8-13(11)18-2/h3-4,6,8,12H,5,7,9-10H2,1-2H3,(H,15,17). The third-order valence-electron chi connectivity index (χ3n) is 3.49. The Balaban J connectivity index is 2.18. The molecule has 1 heterocycles. The Kier molecular flexibility index (Phi) is 4.20. The summed E-state index contributed by atoms with van der Waals surface area (Å²) in [5.41, 5.74) is 1.18. The van der Waals surface area contributed by atoms with E-state index in [1.807, 2.05) is 18.2 Å². The van der Waals surface area contributed by atoms with Gasteiger partial charge >= 0.3 is 0 Å². The SMILES string of the molecule is CNC(=O)CN1CCCC1c1ccccc1OC. The number of amides is 1. The highest BCUT2D eigenvalue weighted by atomic mass is 16.5. The molecule has 1 fully saturated rings. The zero-order valence-corrected chi connectivity index (χ0v) is 11.0. The van der Waals surface area contributed by atoms with E-state index in [0.29, 0.717) is 12.6 Å². The van der Waals surface area contributed by atoms with E-state index in [-0.39, 0.29) is 5.91 Å². The quantitative estimate of drug-likeness (QED) is 0.879. The summed E-state index contributed by atoms with van der Waals surface area (Å²) in [6.07, 6.45) is 2.21. The van der Waals surface area contributed by atoms with Crippen LogP contribution >= 0.6 is 0 Å². The predicted octanol–water partition coefficient (Wildman–Crippen LogP) is 1.58. The number of carbonyl (C=O) groups is 1. The van der Waals surface area contributed by atoms with E-state index >= 15 is 0 Å². The molecule has 4 heteroatoms. The number of hydrogen-bond donors (Lipinski definition) is 1. The van der Waals surface area contributed by atoms with Crippen molar-refractivity contribution in [2.45, 2.75) is 18.9 Å². The van der Waals surface area contributed by atoms with Crippen molar-refractivity contribution in [3.05, 3.63) is 29.8 Å². The summed E-state index contributed by atoms with van der Waals surface area (Å²) in [5.74, 6) is 0.975. The number of nitrogens with zero attached hydrogens (tertiary/aromatic N) is 1. The third-order valence-corrected chi connectivity index (χ3v) is 3.49. The van der Waals surface area contributed by atoms with Crippen LogP contribution in [0.3, 0.4) is 0 Å². The number of nitrogens with one attached hydrogen (secondary N) is 1. The van der Waals surface area contributed by atoms with E-state index in [2.05, 4.69) is 16.3 Å². The number of benzene rings is 1. The average molecular weight is 248 g/mol. The van der Waals surface area contributed by atoms with Crippen molar-refractivity contribution in [3.63, 3.8) is 0 Å². The van der Waals surface area contributed by atoms with Gasteiger partial charge in [0, 0.05) is 18.7 Å². The number of carbonyl (C=O) groups excluding carboxylic acids is 1. The molecule has 0 aliphatic carbocycles. The minimum atomic E-state index is 0.0665. The van der Waals surface area contributed by atoms with Crippen LogP contribution in [0, 0.1) is 0 Å². The molecule has 1 atom stereocenters. The average Bonchev–Trinajstić information content (AvgIpc) is 2.86. The molecular formula is C14H20N2O2. The normalized spacial score (nSPS) is 19.8. The summed E-state index contributed by atoms with van der Waals surface area (Å²) in [6, 6.07) is 8.35. The minimum Gasteiger partial charge on any atom is -0.496 e. The van der Waals surface area contributed by atoms with Crippen LogP contribution in [-0.4, -0.2) is 38.1 Å². The second kappa shape index (κ2) is 5.87. The highest BCUT2D eigenvalue weighted by Gasteiger charge is 2.29. The lowest BCUT2D eigenvalue weighted by Gasteiger charge is -2.25. The van der Waals surface area contributed by atoms with Crippen LogP contribution in [0.4, 0.5) is 0 Å². The van der Waals surface area contributed by atoms with E-state index in [0.717, 1.165) is 25.1 Å². The van der Waals surface area contributed by atoms with Gasteiger partial charge in [-0.1, -0.05) is 18.2 Å². The smallest absolute Gasteiger partial charge is 0.233 e. The lowest BCUT2D eigenvalue weighted by Crippen LogP contribution is -2.35. The van der Waals surface area contributed by atoms with Gasteiger partial charge in [0.1, 0.15) is 5.75 Å². The van der Waals surface area contributed by atoms with Crippen LogP contribution in [0.5, 0.6) is 5.75 Å². The lowest BCUT2D eigenvalue weighted by molar-refractivity contribution is -0.122. The van der Waals surface area contributed by atoms with Gasteiger partial charge in [0.05, 0.1) is 13.7 Å². The van der Waals surface area contributed by atoms with E-state index in [1.165, 1.54) is 5.56 Å². The molecule has 0 spiro atoms. The number of ether oxygens (including phenoxy) is 1. The molecule has 1 aromatic rings. The van der Waals surface area contributed by atoms with E-state index in [1.54, 1.807) is 14.2 Å². The van der Waals surface area contributed by atoms with E-state index in [4.69, 9.17) is 4.74 Å². The fraction of sp³-hybridized carbons (Fsp3) is 0.500. The van der Waals surface area contributed by atoms with Crippen molar-refractivity contribution in [1.82, 2.24) is 10.2 Å². The minimum absolute atomic E-state index is 0.0665. The van der Waals surface area contributed by atoms with Crippen LogP contribution < -0.4 is 10.1 Å². The molecule has 1 N–H and O–H groups in total. The van der Waals surface area contributed by atoms with Gasteiger partial charge in [0.25, 0.3) is 0 Å². The second-order valence-corrected chi connectivity index (χ2v) is 4.54. The molecule has 1 aromatic carbocycles. The van der Waals surface area contributed by atoms with Crippen molar-refractivity contribution < 1.29 is 9.53 Å². The van der Waals surface area contributed by atoms with Crippen molar-refractivity contribution in [3.8, 4) is 5.75 Å². The Morgan fingerprint density at radius 3 is 3.00 bits per heavy atom. The Morgan fingerprint density at radius 1 is 1.50 bits per heavy atom. The first kappa shape index (κ1) is 12.9. The Morgan fingerprint density at radius 2 is 2.28 bits per heavy atom. The summed E-state index contributed by atoms with van der Waals surface area (Å²) in [7, 11) is 3.37. The molecule has 4 nitrogen and oxygen atoms in total. The first-order valence-corrected chi connectivity index (χ1v) is 6.33. The molecule has 1 aliphatic rings. The van der Waals surface area contributed by atoms with Gasteiger partial charge < -0.3 is 10.1 Å². The summed E-state index contributed by atoms with van der Waals surface area (Å²) < 4.78 is 5.41. The van der Waals surface area contributed by atoms with Crippen LogP contribution in [0.1, 0.15) is 24.4 Å². The van der Waals surface area contributed by atoms with Gasteiger partial charge in [-0.05, 0) is 25.5 Å². The fourth-order valence-corrected chi connectivity index (χ4v) is 2.57. The largest absolute Gasteiger partial charge is 0.496 e. The first-order valence-electron chi connectivity index (χ1n) is 6.33. The van der Waals surface area contributed by atoms with Crippen LogP contribution in [0.25, 0.3) is 0 Å². The Bertz CT molecular complexity index is 420. The van der Waals surface area contributed by atoms with Crippen LogP contribution in [0.2, 0.25) is 0 Å². The van der Waals surface area contributed by atoms with E-state index < -0.39 is 0 Å². The molecule has 0 bridgehead atoms. The monoisotopic (exact) mass is 248 g/mol. The number of likely N-dealkylation sites (N-methyl/N-ethyl adjacent to an activating group) is 1. The summed E-state index contributed by atoms with van der Waals surface area (Å²) >= 11 is 0. The van der Waals surface area contributed by atoms with Gasteiger partial charge in [0.15, 0.2) is 0 Å². The maximum atomic E-state index is 11.5. The molecule has 18 heavy (non-hydrogen) atoms. The van der Waals surface area contributed by atoms with E-state index in [9.17, 15) is 4.79 Å².